The zero-order valence-corrected chi connectivity index (χ0v) is 16.3. The molecule has 28 heavy (non-hydrogen) atoms. The van der Waals surface area contributed by atoms with Crippen molar-refractivity contribution in [1.82, 2.24) is 9.88 Å². The first-order valence-corrected chi connectivity index (χ1v) is 9.12. The minimum atomic E-state index is 0.630. The van der Waals surface area contributed by atoms with E-state index in [9.17, 15) is 0 Å². The Labute approximate surface area is 164 Å². The molecule has 0 radical (unpaired) electrons. The first-order valence-electron chi connectivity index (χ1n) is 9.12. The van der Waals surface area contributed by atoms with Crippen LogP contribution in [0.2, 0.25) is 0 Å². The number of fused-ring (bicyclic) bond motifs is 1. The standard InChI is InChI=1S/C23H23N3O2/c1-26-11-9-15(10-12-26)18-13-17(24)22-19(25-18)14-20(27-2)23(28-3)21(22)16-7-5-4-6-8-16/h4-11,13-14H,12H2,1-3H3,(H2,24,25). The molecule has 5 heteroatoms. The Morgan fingerprint density at radius 2 is 1.86 bits per heavy atom. The van der Waals surface area contributed by atoms with Crippen molar-refractivity contribution in [1.29, 1.82) is 0 Å². The van der Waals surface area contributed by atoms with E-state index in [1.807, 2.05) is 55.7 Å². The summed E-state index contributed by atoms with van der Waals surface area (Å²) >= 11 is 0. The third kappa shape index (κ3) is 3.05. The van der Waals surface area contributed by atoms with E-state index in [4.69, 9.17) is 20.2 Å². The summed E-state index contributed by atoms with van der Waals surface area (Å²) in [4.78, 5) is 7.01. The topological polar surface area (TPSA) is 60.6 Å². The van der Waals surface area contributed by atoms with Crippen LogP contribution >= 0.6 is 0 Å². The molecule has 0 unspecified atom stereocenters. The summed E-state index contributed by atoms with van der Waals surface area (Å²) < 4.78 is 11.3. The van der Waals surface area contributed by atoms with Gasteiger partial charge >= 0.3 is 0 Å². The fourth-order valence-corrected chi connectivity index (χ4v) is 3.54. The van der Waals surface area contributed by atoms with Crippen LogP contribution in [-0.4, -0.2) is 37.7 Å². The first kappa shape index (κ1) is 17.9. The SMILES string of the molecule is COc1cc2nc(C3=CCN(C)C=C3)cc(N)c2c(-c2ccccc2)c1OC. The highest BCUT2D eigenvalue weighted by atomic mass is 16.5. The van der Waals surface area contributed by atoms with E-state index in [2.05, 4.69) is 17.1 Å². The number of methoxy groups -OCH3 is 2. The molecule has 0 spiro atoms. The number of anilines is 1. The van der Waals surface area contributed by atoms with E-state index >= 15 is 0 Å². The summed E-state index contributed by atoms with van der Waals surface area (Å²) in [5, 5.41) is 0.866. The number of aromatic nitrogens is 1. The van der Waals surface area contributed by atoms with Crippen molar-refractivity contribution >= 4 is 22.2 Å². The summed E-state index contributed by atoms with van der Waals surface area (Å²) in [5.74, 6) is 1.28. The van der Waals surface area contributed by atoms with Gasteiger partial charge in [-0.25, -0.2) is 4.98 Å². The Morgan fingerprint density at radius 3 is 2.50 bits per heavy atom. The molecule has 0 saturated carbocycles. The van der Waals surface area contributed by atoms with Gasteiger partial charge in [-0.15, -0.1) is 0 Å². The summed E-state index contributed by atoms with van der Waals surface area (Å²) in [5.41, 5.74) is 11.8. The molecule has 2 heterocycles. The molecule has 0 saturated heterocycles. The van der Waals surface area contributed by atoms with Gasteiger partial charge in [-0.05, 0) is 29.5 Å². The number of hydrogen-bond acceptors (Lipinski definition) is 5. The Hall–Kier alpha value is -3.47. The van der Waals surface area contributed by atoms with Gasteiger partial charge in [0.15, 0.2) is 11.5 Å². The molecule has 1 aliphatic rings. The predicted molar refractivity (Wildman–Crippen MR) is 114 cm³/mol. The maximum Gasteiger partial charge on any atom is 0.169 e. The van der Waals surface area contributed by atoms with E-state index in [-0.39, 0.29) is 0 Å². The number of benzene rings is 2. The molecule has 2 N–H and O–H groups in total. The summed E-state index contributed by atoms with van der Waals surface area (Å²) in [6.07, 6.45) is 6.24. The molecule has 2 aromatic carbocycles. The minimum absolute atomic E-state index is 0.630. The molecule has 0 amide bonds. The van der Waals surface area contributed by atoms with Crippen LogP contribution in [0, 0.1) is 0 Å². The highest BCUT2D eigenvalue weighted by molar-refractivity contribution is 6.07. The van der Waals surface area contributed by atoms with Crippen molar-refractivity contribution in [3.05, 3.63) is 66.5 Å². The third-order valence-electron chi connectivity index (χ3n) is 4.94. The number of ether oxygens (including phenoxy) is 2. The molecule has 1 aliphatic heterocycles. The smallest absolute Gasteiger partial charge is 0.169 e. The average molecular weight is 373 g/mol. The molecule has 0 atom stereocenters. The van der Waals surface area contributed by atoms with Crippen LogP contribution in [-0.2, 0) is 0 Å². The van der Waals surface area contributed by atoms with Gasteiger partial charge < -0.3 is 20.1 Å². The van der Waals surface area contributed by atoms with Crippen LogP contribution in [0.3, 0.4) is 0 Å². The zero-order chi connectivity index (χ0) is 19.7. The van der Waals surface area contributed by atoms with Crippen molar-refractivity contribution in [2.45, 2.75) is 0 Å². The molecule has 5 nitrogen and oxygen atoms in total. The van der Waals surface area contributed by atoms with E-state index in [0.717, 1.165) is 39.8 Å². The number of nitrogen functional groups attached to an aromatic ring is 1. The third-order valence-corrected chi connectivity index (χ3v) is 4.94. The van der Waals surface area contributed by atoms with Gasteiger partial charge in [0.25, 0.3) is 0 Å². The maximum absolute atomic E-state index is 6.55. The number of rotatable bonds is 4. The summed E-state index contributed by atoms with van der Waals surface area (Å²) in [7, 11) is 5.31. The van der Waals surface area contributed by atoms with Crippen LogP contribution in [0.1, 0.15) is 5.69 Å². The van der Waals surface area contributed by atoms with E-state index in [1.165, 1.54) is 0 Å². The number of allylic oxidation sites excluding steroid dienone is 2. The zero-order valence-electron chi connectivity index (χ0n) is 16.3. The second-order valence-electron chi connectivity index (χ2n) is 6.76. The van der Waals surface area contributed by atoms with Crippen LogP contribution < -0.4 is 15.2 Å². The molecule has 142 valence electrons. The molecule has 3 aromatic rings. The van der Waals surface area contributed by atoms with Gasteiger partial charge in [-0.1, -0.05) is 36.4 Å². The second-order valence-corrected chi connectivity index (χ2v) is 6.76. The first-order chi connectivity index (χ1) is 13.6. The summed E-state index contributed by atoms with van der Waals surface area (Å²) in [6, 6.07) is 13.9. The lowest BCUT2D eigenvalue weighted by atomic mass is 9.96. The Balaban J connectivity index is 2.01. The molecular weight excluding hydrogens is 350 g/mol. The number of nitrogens with zero attached hydrogens (tertiary/aromatic N) is 2. The van der Waals surface area contributed by atoms with Gasteiger partial charge in [0, 0.05) is 36.3 Å². The monoisotopic (exact) mass is 373 g/mol. The fourth-order valence-electron chi connectivity index (χ4n) is 3.54. The molecule has 1 aromatic heterocycles. The quantitative estimate of drug-likeness (QED) is 0.737. The molecule has 4 rings (SSSR count). The fraction of sp³-hybridized carbons (Fsp3) is 0.174. The Morgan fingerprint density at radius 1 is 1.07 bits per heavy atom. The second kappa shape index (κ2) is 7.27. The van der Waals surface area contributed by atoms with Gasteiger partial charge in [-0.2, -0.15) is 0 Å². The lowest BCUT2D eigenvalue weighted by Crippen LogP contribution is -2.13. The van der Waals surface area contributed by atoms with Gasteiger partial charge in [0.05, 0.1) is 25.4 Å². The van der Waals surface area contributed by atoms with Gasteiger partial charge in [0.2, 0.25) is 0 Å². The molecule has 0 bridgehead atoms. The highest BCUT2D eigenvalue weighted by Crippen LogP contribution is 2.45. The van der Waals surface area contributed by atoms with Crippen molar-refractivity contribution in [2.24, 2.45) is 0 Å². The number of likely N-dealkylation sites (N-methyl/N-ethyl adjacent to an activating group) is 1. The number of pyridine rings is 1. The largest absolute Gasteiger partial charge is 0.493 e. The molecular formula is C23H23N3O2. The van der Waals surface area contributed by atoms with E-state index in [0.29, 0.717) is 17.2 Å². The number of nitrogens with two attached hydrogens (primary N) is 1. The van der Waals surface area contributed by atoms with E-state index in [1.54, 1.807) is 14.2 Å². The minimum Gasteiger partial charge on any atom is -0.493 e. The van der Waals surface area contributed by atoms with Crippen molar-refractivity contribution in [2.75, 3.05) is 33.5 Å². The van der Waals surface area contributed by atoms with Crippen LogP contribution in [0.15, 0.2) is 60.8 Å². The average Bonchev–Trinajstić information content (AvgIpc) is 2.73. The van der Waals surface area contributed by atoms with Crippen LogP contribution in [0.25, 0.3) is 27.6 Å². The van der Waals surface area contributed by atoms with Crippen molar-refractivity contribution in [3.8, 4) is 22.6 Å². The Bertz CT molecular complexity index is 1090. The van der Waals surface area contributed by atoms with Crippen molar-refractivity contribution in [3.63, 3.8) is 0 Å². The highest BCUT2D eigenvalue weighted by Gasteiger charge is 2.20. The van der Waals surface area contributed by atoms with Crippen LogP contribution in [0.5, 0.6) is 11.5 Å². The van der Waals surface area contributed by atoms with E-state index < -0.39 is 0 Å². The molecule has 0 aliphatic carbocycles. The van der Waals surface area contributed by atoms with Gasteiger partial charge in [0.1, 0.15) is 0 Å². The molecule has 0 fully saturated rings. The maximum atomic E-state index is 6.55. The van der Waals surface area contributed by atoms with Crippen molar-refractivity contribution < 1.29 is 9.47 Å². The Kier molecular flexibility index (Phi) is 4.65. The summed E-state index contributed by atoms with van der Waals surface area (Å²) in [6.45, 7) is 0.840. The van der Waals surface area contributed by atoms with Gasteiger partial charge in [-0.3, -0.25) is 0 Å². The lowest BCUT2D eigenvalue weighted by molar-refractivity contribution is 0.357. The predicted octanol–water partition coefficient (Wildman–Crippen LogP) is 4.34. The van der Waals surface area contributed by atoms with Crippen LogP contribution in [0.4, 0.5) is 5.69 Å². The normalized spacial score (nSPS) is 13.5. The lowest BCUT2D eigenvalue weighted by Gasteiger charge is -2.19. The number of hydrogen-bond donors (Lipinski definition) is 1.